The largest absolute Gasteiger partial charge is 0.359 e. The Bertz CT molecular complexity index is 295. The lowest BCUT2D eigenvalue weighted by Gasteiger charge is -2.03. The second-order valence-corrected chi connectivity index (χ2v) is 2.52. The van der Waals surface area contributed by atoms with Crippen LogP contribution in [0.5, 0.6) is 0 Å². The van der Waals surface area contributed by atoms with Crippen molar-refractivity contribution >= 4 is 17.7 Å². The average Bonchev–Trinajstić information content (AvgIpc) is 2.25. The van der Waals surface area contributed by atoms with Crippen LogP contribution < -0.4 is 16.0 Å². The molecule has 0 saturated heterocycles. The third kappa shape index (κ3) is 6.04. The van der Waals surface area contributed by atoms with Gasteiger partial charge < -0.3 is 16.0 Å². The summed E-state index contributed by atoms with van der Waals surface area (Å²) in [5, 5.41) is 14.8. The molecule has 0 aromatic carbocycles. The molecule has 0 atom stereocenters. The summed E-state index contributed by atoms with van der Waals surface area (Å²) in [4.78, 5) is 32.6. The molecule has 0 unspecified atom stereocenters. The van der Waals surface area contributed by atoms with Crippen molar-refractivity contribution in [3.8, 4) is 6.07 Å². The van der Waals surface area contributed by atoms with Gasteiger partial charge in [-0.3, -0.25) is 14.4 Å². The molecule has 0 heterocycles. The van der Waals surface area contributed by atoms with Gasteiger partial charge in [-0.2, -0.15) is 5.26 Å². The van der Waals surface area contributed by atoms with Gasteiger partial charge in [0, 0.05) is 20.0 Å². The van der Waals surface area contributed by atoms with Crippen molar-refractivity contribution < 1.29 is 14.4 Å². The first kappa shape index (κ1) is 12.9. The molecule has 82 valence electrons. The van der Waals surface area contributed by atoms with E-state index in [1.165, 1.54) is 7.05 Å². The Morgan fingerprint density at radius 2 is 1.80 bits per heavy atom. The van der Waals surface area contributed by atoms with Crippen molar-refractivity contribution in [3.63, 3.8) is 0 Å². The van der Waals surface area contributed by atoms with Gasteiger partial charge in [0.1, 0.15) is 6.54 Å². The Hall–Kier alpha value is -2.10. The van der Waals surface area contributed by atoms with Crippen LogP contribution in [0.25, 0.3) is 0 Å². The standard InChI is InChI=1S/C8H12N4O3/c1-10-6(13)2-4-11-7(14)8(15)12-5-3-9/h2,4-5H2,1H3,(H,10,13)(H,11,14)(H,12,15). The van der Waals surface area contributed by atoms with Crippen LogP contribution in [-0.4, -0.2) is 37.9 Å². The molecule has 0 bridgehead atoms. The van der Waals surface area contributed by atoms with Crippen molar-refractivity contribution in [1.82, 2.24) is 16.0 Å². The third-order valence-corrected chi connectivity index (χ3v) is 1.45. The van der Waals surface area contributed by atoms with Gasteiger partial charge in [0.15, 0.2) is 0 Å². The quantitative estimate of drug-likeness (QED) is 0.365. The first-order valence-corrected chi connectivity index (χ1v) is 4.25. The summed E-state index contributed by atoms with van der Waals surface area (Å²) >= 11 is 0. The summed E-state index contributed by atoms with van der Waals surface area (Å²) in [5.74, 6) is -1.96. The van der Waals surface area contributed by atoms with Crippen molar-refractivity contribution in [2.45, 2.75) is 6.42 Å². The number of hydrogen-bond donors (Lipinski definition) is 3. The minimum absolute atomic E-state index is 0.0818. The molecule has 0 radical (unpaired) electrons. The van der Waals surface area contributed by atoms with E-state index in [1.807, 2.05) is 0 Å². The molecular formula is C8H12N4O3. The van der Waals surface area contributed by atoms with Crippen LogP contribution in [0.2, 0.25) is 0 Å². The van der Waals surface area contributed by atoms with E-state index >= 15 is 0 Å². The van der Waals surface area contributed by atoms with E-state index in [1.54, 1.807) is 6.07 Å². The molecule has 0 spiro atoms. The van der Waals surface area contributed by atoms with Gasteiger partial charge in [0.25, 0.3) is 0 Å². The second-order valence-electron chi connectivity index (χ2n) is 2.52. The highest BCUT2D eigenvalue weighted by molar-refractivity contribution is 6.35. The van der Waals surface area contributed by atoms with Gasteiger partial charge in [-0.15, -0.1) is 0 Å². The van der Waals surface area contributed by atoms with Crippen LogP contribution in [0.3, 0.4) is 0 Å². The number of carbonyl (C=O) groups is 3. The Kier molecular flexibility index (Phi) is 6.29. The van der Waals surface area contributed by atoms with Crippen molar-refractivity contribution in [2.75, 3.05) is 20.1 Å². The molecule has 0 fully saturated rings. The first-order chi connectivity index (χ1) is 7.11. The molecule has 0 saturated carbocycles. The highest BCUT2D eigenvalue weighted by Gasteiger charge is 2.11. The zero-order chi connectivity index (χ0) is 11.7. The van der Waals surface area contributed by atoms with E-state index in [2.05, 4.69) is 16.0 Å². The van der Waals surface area contributed by atoms with Gasteiger partial charge in [0.05, 0.1) is 6.07 Å². The Labute approximate surface area is 86.8 Å². The average molecular weight is 212 g/mol. The molecule has 7 heteroatoms. The van der Waals surface area contributed by atoms with Gasteiger partial charge in [-0.25, -0.2) is 0 Å². The Morgan fingerprint density at radius 3 is 2.33 bits per heavy atom. The fraction of sp³-hybridized carbons (Fsp3) is 0.500. The lowest BCUT2D eigenvalue weighted by molar-refractivity contribution is -0.139. The molecule has 0 aromatic rings. The zero-order valence-corrected chi connectivity index (χ0v) is 8.29. The summed E-state index contributed by atoms with van der Waals surface area (Å²) in [6.45, 7) is -0.139. The molecule has 3 N–H and O–H groups in total. The number of nitrogens with zero attached hydrogens (tertiary/aromatic N) is 1. The van der Waals surface area contributed by atoms with Crippen LogP contribution in [0.4, 0.5) is 0 Å². The Balaban J connectivity index is 3.70. The molecule has 15 heavy (non-hydrogen) atoms. The summed E-state index contributed by atoms with van der Waals surface area (Å²) in [7, 11) is 1.48. The highest BCUT2D eigenvalue weighted by Crippen LogP contribution is 1.76. The summed E-state index contributed by atoms with van der Waals surface area (Å²) in [6, 6.07) is 1.66. The fourth-order valence-corrected chi connectivity index (χ4v) is 0.695. The third-order valence-electron chi connectivity index (χ3n) is 1.45. The fourth-order valence-electron chi connectivity index (χ4n) is 0.695. The van der Waals surface area contributed by atoms with Gasteiger partial charge in [0.2, 0.25) is 5.91 Å². The van der Waals surface area contributed by atoms with E-state index in [9.17, 15) is 14.4 Å². The highest BCUT2D eigenvalue weighted by atomic mass is 16.2. The minimum Gasteiger partial charge on any atom is -0.359 e. The molecule has 0 aliphatic carbocycles. The van der Waals surface area contributed by atoms with Crippen LogP contribution in [0.15, 0.2) is 0 Å². The number of hydrogen-bond acceptors (Lipinski definition) is 4. The van der Waals surface area contributed by atoms with Crippen LogP contribution in [0.1, 0.15) is 6.42 Å². The van der Waals surface area contributed by atoms with Gasteiger partial charge >= 0.3 is 11.8 Å². The van der Waals surface area contributed by atoms with E-state index in [0.717, 1.165) is 0 Å². The number of amides is 3. The maximum Gasteiger partial charge on any atom is 0.310 e. The molecule has 0 rings (SSSR count). The SMILES string of the molecule is CNC(=O)CCNC(=O)C(=O)NCC#N. The first-order valence-electron chi connectivity index (χ1n) is 4.25. The van der Waals surface area contributed by atoms with Crippen LogP contribution in [-0.2, 0) is 14.4 Å². The zero-order valence-electron chi connectivity index (χ0n) is 8.29. The summed E-state index contributed by atoms with van der Waals surface area (Å²) in [6.07, 6.45) is 0.105. The van der Waals surface area contributed by atoms with Crippen molar-refractivity contribution in [3.05, 3.63) is 0 Å². The molecule has 3 amide bonds. The molecule has 0 aromatic heterocycles. The van der Waals surface area contributed by atoms with Crippen LogP contribution in [0, 0.1) is 11.3 Å². The minimum atomic E-state index is -0.881. The maximum absolute atomic E-state index is 11.0. The van der Waals surface area contributed by atoms with Crippen molar-refractivity contribution in [2.24, 2.45) is 0 Å². The molecule has 0 aliphatic heterocycles. The lowest BCUT2D eigenvalue weighted by atomic mass is 10.4. The number of nitrogens with one attached hydrogen (secondary N) is 3. The topological polar surface area (TPSA) is 111 Å². The normalized spacial score (nSPS) is 8.53. The van der Waals surface area contributed by atoms with Crippen LogP contribution >= 0.6 is 0 Å². The predicted octanol–water partition coefficient (Wildman–Crippen LogP) is -2.12. The van der Waals surface area contributed by atoms with E-state index < -0.39 is 11.8 Å². The maximum atomic E-state index is 11.0. The summed E-state index contributed by atoms with van der Waals surface area (Å²) < 4.78 is 0. The summed E-state index contributed by atoms with van der Waals surface area (Å²) in [5.41, 5.74) is 0. The van der Waals surface area contributed by atoms with Gasteiger partial charge in [-0.05, 0) is 0 Å². The Morgan fingerprint density at radius 1 is 1.20 bits per heavy atom. The smallest absolute Gasteiger partial charge is 0.310 e. The lowest BCUT2D eigenvalue weighted by Crippen LogP contribution is -2.41. The molecule has 7 nitrogen and oxygen atoms in total. The number of nitriles is 1. The number of rotatable bonds is 4. The van der Waals surface area contributed by atoms with E-state index in [4.69, 9.17) is 5.26 Å². The molecule has 0 aliphatic rings. The number of carbonyl (C=O) groups excluding carboxylic acids is 3. The van der Waals surface area contributed by atoms with E-state index in [0.29, 0.717) is 0 Å². The van der Waals surface area contributed by atoms with E-state index in [-0.39, 0.29) is 25.4 Å². The molecular weight excluding hydrogens is 200 g/mol. The van der Waals surface area contributed by atoms with Crippen molar-refractivity contribution in [1.29, 1.82) is 5.26 Å². The second kappa shape index (κ2) is 7.32. The monoisotopic (exact) mass is 212 g/mol. The predicted molar refractivity (Wildman–Crippen MR) is 50.3 cm³/mol. The van der Waals surface area contributed by atoms with Gasteiger partial charge in [-0.1, -0.05) is 0 Å².